The van der Waals surface area contributed by atoms with E-state index in [0.29, 0.717) is 11.0 Å². The number of aryl methyl sites for hydroxylation is 1. The SMILES string of the molecule is CCCc1cc(=O)c2ccccc2o1. The van der Waals surface area contributed by atoms with E-state index in [9.17, 15) is 4.79 Å². The van der Waals surface area contributed by atoms with E-state index in [1.54, 1.807) is 12.1 Å². The fourth-order valence-electron chi connectivity index (χ4n) is 1.52. The zero-order valence-electron chi connectivity index (χ0n) is 8.12. The van der Waals surface area contributed by atoms with Gasteiger partial charge in [0, 0.05) is 12.5 Å². The van der Waals surface area contributed by atoms with E-state index in [4.69, 9.17) is 4.42 Å². The number of hydrogen-bond acceptors (Lipinski definition) is 2. The van der Waals surface area contributed by atoms with Gasteiger partial charge in [-0.25, -0.2) is 0 Å². The molecule has 0 fully saturated rings. The van der Waals surface area contributed by atoms with Crippen LogP contribution in [0.5, 0.6) is 0 Å². The molecule has 2 nitrogen and oxygen atoms in total. The molecule has 0 saturated heterocycles. The molecule has 0 radical (unpaired) electrons. The van der Waals surface area contributed by atoms with Crippen LogP contribution >= 0.6 is 0 Å². The molecule has 0 bridgehead atoms. The topological polar surface area (TPSA) is 30.2 Å². The van der Waals surface area contributed by atoms with Gasteiger partial charge in [0.25, 0.3) is 0 Å². The molecule has 0 aliphatic rings. The summed E-state index contributed by atoms with van der Waals surface area (Å²) < 4.78 is 5.58. The lowest BCUT2D eigenvalue weighted by atomic mass is 10.2. The lowest BCUT2D eigenvalue weighted by Gasteiger charge is -2.00. The maximum absolute atomic E-state index is 11.6. The molecule has 0 saturated carbocycles. The Hall–Kier alpha value is -1.57. The molecule has 2 aromatic rings. The second kappa shape index (κ2) is 3.66. The fourth-order valence-corrected chi connectivity index (χ4v) is 1.52. The van der Waals surface area contributed by atoms with Crippen LogP contribution in [0.2, 0.25) is 0 Å². The molecule has 2 heteroatoms. The van der Waals surface area contributed by atoms with Gasteiger partial charge in [-0.2, -0.15) is 0 Å². The minimum Gasteiger partial charge on any atom is -0.461 e. The van der Waals surface area contributed by atoms with Gasteiger partial charge >= 0.3 is 0 Å². The fraction of sp³-hybridized carbons (Fsp3) is 0.250. The summed E-state index contributed by atoms with van der Waals surface area (Å²) in [6.45, 7) is 2.06. The number of fused-ring (bicyclic) bond motifs is 1. The summed E-state index contributed by atoms with van der Waals surface area (Å²) in [6, 6.07) is 8.93. The van der Waals surface area contributed by atoms with E-state index in [2.05, 4.69) is 6.92 Å². The highest BCUT2D eigenvalue weighted by molar-refractivity contribution is 5.76. The highest BCUT2D eigenvalue weighted by Crippen LogP contribution is 2.12. The summed E-state index contributed by atoms with van der Waals surface area (Å²) in [6.07, 6.45) is 1.81. The standard InChI is InChI=1S/C12H12O2/c1-2-5-9-8-11(13)10-6-3-4-7-12(10)14-9/h3-4,6-8H,2,5H2,1H3. The van der Waals surface area contributed by atoms with Crippen LogP contribution in [0.4, 0.5) is 0 Å². The third-order valence-corrected chi connectivity index (χ3v) is 2.18. The lowest BCUT2D eigenvalue weighted by Crippen LogP contribution is -2.01. The smallest absolute Gasteiger partial charge is 0.192 e. The quantitative estimate of drug-likeness (QED) is 0.725. The highest BCUT2D eigenvalue weighted by Gasteiger charge is 2.02. The highest BCUT2D eigenvalue weighted by atomic mass is 16.3. The van der Waals surface area contributed by atoms with Crippen molar-refractivity contribution in [2.75, 3.05) is 0 Å². The van der Waals surface area contributed by atoms with Crippen molar-refractivity contribution in [3.05, 3.63) is 46.3 Å². The van der Waals surface area contributed by atoms with Crippen LogP contribution in [0, 0.1) is 0 Å². The average molecular weight is 188 g/mol. The third kappa shape index (κ3) is 1.55. The van der Waals surface area contributed by atoms with Crippen LogP contribution in [0.25, 0.3) is 11.0 Å². The first-order valence-corrected chi connectivity index (χ1v) is 4.83. The molecule has 0 spiro atoms. The van der Waals surface area contributed by atoms with E-state index < -0.39 is 0 Å². The van der Waals surface area contributed by atoms with Gasteiger partial charge in [-0.1, -0.05) is 19.1 Å². The first-order chi connectivity index (χ1) is 6.81. The number of rotatable bonds is 2. The zero-order chi connectivity index (χ0) is 9.97. The Kier molecular flexibility index (Phi) is 2.35. The second-order valence-corrected chi connectivity index (χ2v) is 3.32. The van der Waals surface area contributed by atoms with Gasteiger partial charge in [-0.3, -0.25) is 4.79 Å². The van der Waals surface area contributed by atoms with E-state index in [1.807, 2.05) is 18.2 Å². The number of para-hydroxylation sites is 1. The van der Waals surface area contributed by atoms with Gasteiger partial charge < -0.3 is 4.42 Å². The first kappa shape index (κ1) is 9.00. The molecular weight excluding hydrogens is 176 g/mol. The summed E-state index contributed by atoms with van der Waals surface area (Å²) in [5.74, 6) is 0.774. The molecule has 0 N–H and O–H groups in total. The van der Waals surface area contributed by atoms with E-state index in [0.717, 1.165) is 18.6 Å². The van der Waals surface area contributed by atoms with Gasteiger partial charge in [0.15, 0.2) is 5.43 Å². The normalized spacial score (nSPS) is 10.6. The second-order valence-electron chi connectivity index (χ2n) is 3.32. The molecule has 1 heterocycles. The molecule has 0 aliphatic carbocycles. The van der Waals surface area contributed by atoms with E-state index >= 15 is 0 Å². The van der Waals surface area contributed by atoms with Crippen LogP contribution in [-0.2, 0) is 6.42 Å². The van der Waals surface area contributed by atoms with Crippen molar-refractivity contribution in [1.29, 1.82) is 0 Å². The van der Waals surface area contributed by atoms with Crippen LogP contribution < -0.4 is 5.43 Å². The molecule has 0 aliphatic heterocycles. The molecule has 72 valence electrons. The first-order valence-electron chi connectivity index (χ1n) is 4.83. The van der Waals surface area contributed by atoms with Crippen molar-refractivity contribution in [3.63, 3.8) is 0 Å². The van der Waals surface area contributed by atoms with Crippen LogP contribution in [-0.4, -0.2) is 0 Å². The predicted octanol–water partition coefficient (Wildman–Crippen LogP) is 2.75. The Bertz CT molecular complexity index is 497. The summed E-state index contributed by atoms with van der Waals surface area (Å²) in [7, 11) is 0. The average Bonchev–Trinajstić information content (AvgIpc) is 2.18. The maximum Gasteiger partial charge on any atom is 0.192 e. The van der Waals surface area contributed by atoms with E-state index in [-0.39, 0.29) is 5.43 Å². The number of benzene rings is 1. The van der Waals surface area contributed by atoms with Gasteiger partial charge in [-0.05, 0) is 18.6 Å². The van der Waals surface area contributed by atoms with Crippen molar-refractivity contribution in [1.82, 2.24) is 0 Å². The van der Waals surface area contributed by atoms with Crippen molar-refractivity contribution in [2.45, 2.75) is 19.8 Å². The third-order valence-electron chi connectivity index (χ3n) is 2.18. The molecule has 0 atom stereocenters. The molecule has 0 unspecified atom stereocenters. The Morgan fingerprint density at radius 3 is 2.86 bits per heavy atom. The zero-order valence-corrected chi connectivity index (χ0v) is 8.12. The number of hydrogen-bond donors (Lipinski definition) is 0. The van der Waals surface area contributed by atoms with Crippen molar-refractivity contribution in [2.24, 2.45) is 0 Å². The monoisotopic (exact) mass is 188 g/mol. The van der Waals surface area contributed by atoms with Crippen molar-refractivity contribution >= 4 is 11.0 Å². The summed E-state index contributed by atoms with van der Waals surface area (Å²) >= 11 is 0. The van der Waals surface area contributed by atoms with Crippen LogP contribution in [0.1, 0.15) is 19.1 Å². The van der Waals surface area contributed by atoms with E-state index in [1.165, 1.54) is 0 Å². The van der Waals surface area contributed by atoms with Gasteiger partial charge in [0.2, 0.25) is 0 Å². The lowest BCUT2D eigenvalue weighted by molar-refractivity contribution is 0.531. The van der Waals surface area contributed by atoms with Crippen molar-refractivity contribution in [3.8, 4) is 0 Å². The molecule has 14 heavy (non-hydrogen) atoms. The van der Waals surface area contributed by atoms with Crippen molar-refractivity contribution < 1.29 is 4.42 Å². The Morgan fingerprint density at radius 2 is 2.07 bits per heavy atom. The van der Waals surface area contributed by atoms with Gasteiger partial charge in [0.1, 0.15) is 11.3 Å². The largest absolute Gasteiger partial charge is 0.461 e. The van der Waals surface area contributed by atoms with Crippen LogP contribution in [0.15, 0.2) is 39.5 Å². The summed E-state index contributed by atoms with van der Waals surface area (Å²) in [5.41, 5.74) is 0.735. The summed E-state index contributed by atoms with van der Waals surface area (Å²) in [5, 5.41) is 0.660. The minimum atomic E-state index is 0.0512. The van der Waals surface area contributed by atoms with Crippen LogP contribution in [0.3, 0.4) is 0 Å². The minimum absolute atomic E-state index is 0.0512. The Labute approximate surface area is 82.2 Å². The predicted molar refractivity (Wildman–Crippen MR) is 56.5 cm³/mol. The summed E-state index contributed by atoms with van der Waals surface area (Å²) in [4.78, 5) is 11.6. The Balaban J connectivity index is 2.66. The molecular formula is C12H12O2. The maximum atomic E-state index is 11.6. The Morgan fingerprint density at radius 1 is 1.29 bits per heavy atom. The van der Waals surface area contributed by atoms with Gasteiger partial charge in [0.05, 0.1) is 5.39 Å². The molecule has 2 rings (SSSR count). The molecule has 0 amide bonds. The van der Waals surface area contributed by atoms with Gasteiger partial charge in [-0.15, -0.1) is 0 Å². The molecule has 1 aromatic carbocycles. The molecule has 1 aromatic heterocycles.